The maximum atomic E-state index is 2.43. The molecule has 0 radical (unpaired) electrons. The second-order valence-electron chi connectivity index (χ2n) is 8.83. The highest BCUT2D eigenvalue weighted by atomic mass is 15.0. The van der Waals surface area contributed by atoms with Gasteiger partial charge >= 0.3 is 0 Å². The SMILES string of the molecule is CC(C)c1ccc(-c2cccc3cccc(-n4c5ccccc5c5ccccc54)c23)cc1. The third-order valence-electron chi connectivity index (χ3n) is 6.59. The molecule has 0 N–H and O–H groups in total. The molecule has 1 aromatic heterocycles. The normalized spacial score (nSPS) is 11.7. The van der Waals surface area contributed by atoms with Crippen molar-refractivity contribution in [1.29, 1.82) is 0 Å². The molecule has 0 fully saturated rings. The Bertz CT molecular complexity index is 1520. The van der Waals surface area contributed by atoms with Crippen molar-refractivity contribution in [3.05, 3.63) is 115 Å². The molecule has 0 aliphatic heterocycles. The van der Waals surface area contributed by atoms with E-state index in [1.807, 2.05) is 0 Å². The Kier molecular flexibility index (Phi) is 4.36. The molecule has 1 nitrogen and oxygen atoms in total. The van der Waals surface area contributed by atoms with Crippen molar-refractivity contribution in [2.24, 2.45) is 0 Å². The van der Waals surface area contributed by atoms with Crippen LogP contribution in [0.5, 0.6) is 0 Å². The molecule has 0 bridgehead atoms. The van der Waals surface area contributed by atoms with E-state index in [0.717, 1.165) is 0 Å². The monoisotopic (exact) mass is 411 g/mol. The number of fused-ring (bicyclic) bond motifs is 4. The summed E-state index contributed by atoms with van der Waals surface area (Å²) in [5.74, 6) is 0.532. The maximum absolute atomic E-state index is 2.43. The van der Waals surface area contributed by atoms with E-state index in [-0.39, 0.29) is 0 Å². The summed E-state index contributed by atoms with van der Waals surface area (Å²) < 4.78 is 2.43. The first-order valence-electron chi connectivity index (χ1n) is 11.3. The molecule has 0 aliphatic rings. The third kappa shape index (κ3) is 2.85. The van der Waals surface area contributed by atoms with Gasteiger partial charge in [-0.2, -0.15) is 0 Å². The zero-order valence-electron chi connectivity index (χ0n) is 18.4. The molecule has 0 amide bonds. The lowest BCUT2D eigenvalue weighted by Gasteiger charge is -2.16. The molecule has 6 aromatic rings. The number of hydrogen-bond donors (Lipinski definition) is 0. The summed E-state index contributed by atoms with van der Waals surface area (Å²) in [4.78, 5) is 0. The molecule has 154 valence electrons. The van der Waals surface area contributed by atoms with E-state index in [2.05, 4.69) is 128 Å². The van der Waals surface area contributed by atoms with Crippen molar-refractivity contribution in [2.45, 2.75) is 19.8 Å². The minimum atomic E-state index is 0.532. The highest BCUT2D eigenvalue weighted by Crippen LogP contribution is 2.38. The van der Waals surface area contributed by atoms with Crippen LogP contribution >= 0.6 is 0 Å². The van der Waals surface area contributed by atoms with Crippen LogP contribution in [0.15, 0.2) is 109 Å². The fourth-order valence-corrected chi connectivity index (χ4v) is 4.98. The molecular weight excluding hydrogens is 386 g/mol. The Labute approximate surface area is 188 Å². The Balaban J connectivity index is 1.70. The zero-order valence-corrected chi connectivity index (χ0v) is 18.4. The minimum absolute atomic E-state index is 0.532. The van der Waals surface area contributed by atoms with Crippen molar-refractivity contribution in [1.82, 2.24) is 4.57 Å². The first kappa shape index (κ1) is 18.9. The van der Waals surface area contributed by atoms with Crippen LogP contribution in [0, 0.1) is 0 Å². The Morgan fingerprint density at radius 2 is 1.16 bits per heavy atom. The van der Waals surface area contributed by atoms with Crippen LogP contribution in [0.3, 0.4) is 0 Å². The molecule has 1 heterocycles. The van der Waals surface area contributed by atoms with Crippen molar-refractivity contribution >= 4 is 32.6 Å². The lowest BCUT2D eigenvalue weighted by molar-refractivity contribution is 0.867. The number of nitrogens with zero attached hydrogens (tertiary/aromatic N) is 1. The van der Waals surface area contributed by atoms with E-state index in [0.29, 0.717) is 5.92 Å². The van der Waals surface area contributed by atoms with Crippen LogP contribution in [0.4, 0.5) is 0 Å². The van der Waals surface area contributed by atoms with Gasteiger partial charge in [-0.1, -0.05) is 105 Å². The highest BCUT2D eigenvalue weighted by molar-refractivity contribution is 6.12. The van der Waals surface area contributed by atoms with Crippen LogP contribution in [-0.4, -0.2) is 4.57 Å². The molecule has 0 aliphatic carbocycles. The van der Waals surface area contributed by atoms with Crippen LogP contribution in [0.25, 0.3) is 49.4 Å². The summed E-state index contributed by atoms with van der Waals surface area (Å²) >= 11 is 0. The minimum Gasteiger partial charge on any atom is -0.309 e. The molecular formula is C31H25N. The van der Waals surface area contributed by atoms with Crippen LogP contribution in [-0.2, 0) is 0 Å². The van der Waals surface area contributed by atoms with Crippen molar-refractivity contribution < 1.29 is 0 Å². The standard InChI is InChI=1S/C31H25N/c1-21(2)22-17-19-23(20-18-22)25-13-7-9-24-10-8-16-30(31(24)25)32-28-14-5-3-11-26(28)27-12-4-6-15-29(27)32/h3-21H,1-2H3. The first-order valence-corrected chi connectivity index (χ1v) is 11.3. The summed E-state index contributed by atoms with van der Waals surface area (Å²) in [6, 6.07) is 39.8. The van der Waals surface area contributed by atoms with E-state index < -0.39 is 0 Å². The Morgan fingerprint density at radius 1 is 0.562 bits per heavy atom. The summed E-state index contributed by atoms with van der Waals surface area (Å²) in [5.41, 5.74) is 7.61. The van der Waals surface area contributed by atoms with Gasteiger partial charge in [-0.25, -0.2) is 0 Å². The zero-order chi connectivity index (χ0) is 21.7. The van der Waals surface area contributed by atoms with Gasteiger partial charge in [0.25, 0.3) is 0 Å². The fraction of sp³-hybridized carbons (Fsp3) is 0.0968. The molecule has 1 heteroatoms. The van der Waals surface area contributed by atoms with E-state index >= 15 is 0 Å². The van der Waals surface area contributed by atoms with Gasteiger partial charge in [-0.15, -0.1) is 0 Å². The second kappa shape index (κ2) is 7.39. The summed E-state index contributed by atoms with van der Waals surface area (Å²) in [7, 11) is 0. The molecule has 5 aromatic carbocycles. The smallest absolute Gasteiger partial charge is 0.0546 e. The molecule has 0 saturated carbocycles. The lowest BCUT2D eigenvalue weighted by atomic mass is 9.94. The third-order valence-corrected chi connectivity index (χ3v) is 6.59. The number of para-hydroxylation sites is 2. The topological polar surface area (TPSA) is 4.93 Å². The number of hydrogen-bond acceptors (Lipinski definition) is 0. The van der Waals surface area contributed by atoms with Gasteiger partial charge in [-0.05, 0) is 46.2 Å². The largest absolute Gasteiger partial charge is 0.309 e. The van der Waals surface area contributed by atoms with Gasteiger partial charge in [0.2, 0.25) is 0 Å². The second-order valence-corrected chi connectivity index (χ2v) is 8.83. The van der Waals surface area contributed by atoms with E-state index in [1.165, 1.54) is 55.0 Å². The number of rotatable bonds is 3. The highest BCUT2D eigenvalue weighted by Gasteiger charge is 2.15. The van der Waals surface area contributed by atoms with Crippen LogP contribution in [0.1, 0.15) is 25.3 Å². The van der Waals surface area contributed by atoms with Crippen molar-refractivity contribution in [3.8, 4) is 16.8 Å². The quantitative estimate of drug-likeness (QED) is 0.274. The predicted molar refractivity (Wildman–Crippen MR) is 138 cm³/mol. The molecule has 0 saturated heterocycles. The molecule has 0 spiro atoms. The Hall–Kier alpha value is -3.84. The molecule has 6 rings (SSSR count). The van der Waals surface area contributed by atoms with Crippen molar-refractivity contribution in [3.63, 3.8) is 0 Å². The first-order chi connectivity index (χ1) is 15.7. The van der Waals surface area contributed by atoms with Gasteiger partial charge < -0.3 is 4.57 Å². The molecule has 0 unspecified atom stereocenters. The molecule has 0 atom stereocenters. The van der Waals surface area contributed by atoms with Crippen LogP contribution < -0.4 is 0 Å². The Morgan fingerprint density at radius 3 is 1.78 bits per heavy atom. The van der Waals surface area contributed by atoms with Gasteiger partial charge in [-0.3, -0.25) is 0 Å². The molecule has 32 heavy (non-hydrogen) atoms. The maximum Gasteiger partial charge on any atom is 0.0546 e. The summed E-state index contributed by atoms with van der Waals surface area (Å²) in [6.45, 7) is 4.49. The van der Waals surface area contributed by atoms with Gasteiger partial charge in [0, 0.05) is 16.2 Å². The van der Waals surface area contributed by atoms with E-state index in [1.54, 1.807) is 0 Å². The average Bonchev–Trinajstić information content (AvgIpc) is 3.18. The number of benzene rings is 5. The lowest BCUT2D eigenvalue weighted by Crippen LogP contribution is -1.96. The average molecular weight is 412 g/mol. The van der Waals surface area contributed by atoms with Gasteiger partial charge in [0.1, 0.15) is 0 Å². The van der Waals surface area contributed by atoms with E-state index in [4.69, 9.17) is 0 Å². The predicted octanol–water partition coefficient (Wildman–Crippen LogP) is 8.73. The van der Waals surface area contributed by atoms with Crippen molar-refractivity contribution in [2.75, 3.05) is 0 Å². The van der Waals surface area contributed by atoms with E-state index in [9.17, 15) is 0 Å². The fourth-order valence-electron chi connectivity index (χ4n) is 4.98. The number of aromatic nitrogens is 1. The summed E-state index contributed by atoms with van der Waals surface area (Å²) in [5, 5.41) is 5.13. The summed E-state index contributed by atoms with van der Waals surface area (Å²) in [6.07, 6.45) is 0. The van der Waals surface area contributed by atoms with Crippen LogP contribution in [0.2, 0.25) is 0 Å². The van der Waals surface area contributed by atoms with Gasteiger partial charge in [0.15, 0.2) is 0 Å². The van der Waals surface area contributed by atoms with Gasteiger partial charge in [0.05, 0.1) is 16.7 Å².